The first kappa shape index (κ1) is 19.9. The summed E-state index contributed by atoms with van der Waals surface area (Å²) in [6.07, 6.45) is 5.76. The summed E-state index contributed by atoms with van der Waals surface area (Å²) >= 11 is 0. The number of nitrogens with one attached hydrogen (secondary N) is 1. The van der Waals surface area contributed by atoms with Crippen LogP contribution in [0, 0.1) is 0 Å². The van der Waals surface area contributed by atoms with Crippen molar-refractivity contribution in [1.82, 2.24) is 0 Å². The van der Waals surface area contributed by atoms with Crippen molar-refractivity contribution in [3.8, 4) is 0 Å². The van der Waals surface area contributed by atoms with Gasteiger partial charge in [-0.1, -0.05) is 19.7 Å². The van der Waals surface area contributed by atoms with Crippen molar-refractivity contribution >= 4 is 21.5 Å². The molecule has 122 valence electrons. The third kappa shape index (κ3) is 7.63. The fraction of sp³-hybridized carbons (Fsp3) is 0.200. The molecule has 7 heteroatoms. The molecular weight excluding hydrogens is 302 g/mol. The Balaban J connectivity index is 0.000000409. The zero-order valence-electron chi connectivity index (χ0n) is 12.5. The summed E-state index contributed by atoms with van der Waals surface area (Å²) in [5.74, 6) is 0. The van der Waals surface area contributed by atoms with E-state index in [2.05, 4.69) is 19.7 Å². The molecule has 0 bridgehead atoms. The number of nitrogen functional groups attached to an aromatic ring is 2. The average molecular weight is 325 g/mol. The van der Waals surface area contributed by atoms with Gasteiger partial charge in [-0.05, 0) is 36.4 Å². The summed E-state index contributed by atoms with van der Waals surface area (Å²) in [6, 6.07) is 3.74. The standard InChI is InChI=1S/C9H15N.C6H8N2O3S/c1-4-7-10(8-5-2)9-6-3;7-4-1-2-5(8)6(3-4)12(9,10)11/h4-6H,1-3,7-9H2;1-3H,7-8H2,(H,9,10,11). The van der Waals surface area contributed by atoms with Crippen molar-refractivity contribution < 1.29 is 17.9 Å². The number of quaternary nitrogens is 1. The summed E-state index contributed by atoms with van der Waals surface area (Å²) in [5, 5.41) is 0. The normalized spacial score (nSPS) is 10.5. The Morgan fingerprint density at radius 2 is 1.50 bits per heavy atom. The third-order valence-corrected chi connectivity index (χ3v) is 3.50. The lowest BCUT2D eigenvalue weighted by molar-refractivity contribution is -0.881. The van der Waals surface area contributed by atoms with Gasteiger partial charge in [0.2, 0.25) is 0 Å². The highest BCUT2D eigenvalue weighted by molar-refractivity contribution is 7.86. The molecule has 0 aliphatic heterocycles. The Labute approximate surface area is 132 Å². The number of rotatable bonds is 7. The molecular formula is C15H23N3O3S. The minimum absolute atomic E-state index is 0.0841. The predicted octanol–water partition coefficient (Wildman–Crippen LogP) is 0.184. The summed E-state index contributed by atoms with van der Waals surface area (Å²) in [5.41, 5.74) is 10.6. The summed E-state index contributed by atoms with van der Waals surface area (Å²) in [6.45, 7) is 14.0. The molecule has 0 heterocycles. The van der Waals surface area contributed by atoms with E-state index >= 15 is 0 Å². The number of nitrogens with two attached hydrogens (primary N) is 2. The summed E-state index contributed by atoms with van der Waals surface area (Å²) in [7, 11) is -4.51. The maximum atomic E-state index is 10.5. The van der Waals surface area contributed by atoms with Crippen LogP contribution in [-0.2, 0) is 10.1 Å². The van der Waals surface area contributed by atoms with E-state index in [0.29, 0.717) is 0 Å². The van der Waals surface area contributed by atoms with Gasteiger partial charge in [0.25, 0.3) is 0 Å². The van der Waals surface area contributed by atoms with Crippen molar-refractivity contribution in [3.63, 3.8) is 0 Å². The molecule has 22 heavy (non-hydrogen) atoms. The molecule has 0 amide bonds. The van der Waals surface area contributed by atoms with Gasteiger partial charge in [-0.25, -0.2) is 8.42 Å². The van der Waals surface area contributed by atoms with E-state index in [1.807, 2.05) is 18.2 Å². The molecule has 6 nitrogen and oxygen atoms in total. The SMILES string of the molecule is C=CC[NH+](CC=C)CC=C.Nc1ccc(N)c(S(=O)(=O)[O-])c1. The lowest BCUT2D eigenvalue weighted by Crippen LogP contribution is -3.11. The third-order valence-electron chi connectivity index (χ3n) is 2.61. The van der Waals surface area contributed by atoms with Crippen LogP contribution in [-0.4, -0.2) is 32.6 Å². The Kier molecular flexibility index (Phi) is 8.85. The number of benzene rings is 1. The van der Waals surface area contributed by atoms with Crippen LogP contribution in [0.15, 0.2) is 61.1 Å². The molecule has 0 saturated carbocycles. The molecule has 0 unspecified atom stereocenters. The molecule has 1 aromatic rings. The first-order valence-corrected chi connectivity index (χ1v) is 7.94. The van der Waals surface area contributed by atoms with Crippen LogP contribution in [0.4, 0.5) is 11.4 Å². The average Bonchev–Trinajstić information content (AvgIpc) is 2.42. The van der Waals surface area contributed by atoms with E-state index < -0.39 is 15.0 Å². The Bertz CT molecular complexity index is 589. The molecule has 0 radical (unpaired) electrons. The van der Waals surface area contributed by atoms with Crippen molar-refractivity contribution in [3.05, 3.63) is 56.2 Å². The lowest BCUT2D eigenvalue weighted by atomic mass is 10.3. The lowest BCUT2D eigenvalue weighted by Gasteiger charge is -2.12. The largest absolute Gasteiger partial charge is 0.744 e. The molecule has 5 N–H and O–H groups in total. The molecule has 1 aromatic carbocycles. The van der Waals surface area contributed by atoms with E-state index in [1.54, 1.807) is 0 Å². The van der Waals surface area contributed by atoms with Gasteiger partial charge in [0.05, 0.1) is 24.5 Å². The molecule has 0 aromatic heterocycles. The second kappa shape index (κ2) is 9.78. The van der Waals surface area contributed by atoms with Crippen LogP contribution in [0.2, 0.25) is 0 Å². The van der Waals surface area contributed by atoms with Crippen molar-refractivity contribution in [2.24, 2.45) is 0 Å². The fourth-order valence-corrected chi connectivity index (χ4v) is 2.27. The molecule has 0 aliphatic carbocycles. The fourth-order valence-electron chi connectivity index (χ4n) is 1.63. The first-order chi connectivity index (χ1) is 10.3. The minimum Gasteiger partial charge on any atom is -0.744 e. The van der Waals surface area contributed by atoms with Crippen LogP contribution in [0.25, 0.3) is 0 Å². The van der Waals surface area contributed by atoms with Crippen molar-refractivity contribution in [2.75, 3.05) is 31.1 Å². The van der Waals surface area contributed by atoms with Gasteiger partial charge in [0, 0.05) is 11.4 Å². The highest BCUT2D eigenvalue weighted by Gasteiger charge is 2.05. The van der Waals surface area contributed by atoms with E-state index in [4.69, 9.17) is 11.5 Å². The maximum Gasteiger partial charge on any atom is 0.126 e. The second-order valence-electron chi connectivity index (χ2n) is 4.48. The predicted molar refractivity (Wildman–Crippen MR) is 89.4 cm³/mol. The quantitative estimate of drug-likeness (QED) is 0.376. The van der Waals surface area contributed by atoms with Crippen LogP contribution < -0.4 is 16.4 Å². The van der Waals surface area contributed by atoms with Gasteiger partial charge < -0.3 is 20.9 Å². The monoisotopic (exact) mass is 325 g/mol. The molecule has 1 rings (SSSR count). The molecule has 0 spiro atoms. The molecule has 0 atom stereocenters. The number of anilines is 2. The van der Waals surface area contributed by atoms with Crippen molar-refractivity contribution in [1.29, 1.82) is 0 Å². The molecule has 0 fully saturated rings. The van der Waals surface area contributed by atoms with Gasteiger partial charge in [0.1, 0.15) is 10.1 Å². The Hall–Kier alpha value is -2.09. The summed E-state index contributed by atoms with van der Waals surface area (Å²) < 4.78 is 31.5. The summed E-state index contributed by atoms with van der Waals surface area (Å²) in [4.78, 5) is 0.961. The smallest absolute Gasteiger partial charge is 0.126 e. The zero-order valence-corrected chi connectivity index (χ0v) is 13.3. The van der Waals surface area contributed by atoms with Crippen LogP contribution >= 0.6 is 0 Å². The zero-order chi connectivity index (χ0) is 17.2. The first-order valence-electron chi connectivity index (χ1n) is 6.53. The topological polar surface area (TPSA) is 114 Å². The van der Waals surface area contributed by atoms with Gasteiger partial charge >= 0.3 is 0 Å². The second-order valence-corrected chi connectivity index (χ2v) is 5.83. The van der Waals surface area contributed by atoms with E-state index in [-0.39, 0.29) is 11.4 Å². The highest BCUT2D eigenvalue weighted by atomic mass is 32.2. The van der Waals surface area contributed by atoms with Gasteiger partial charge in [-0.15, -0.1) is 0 Å². The minimum atomic E-state index is -4.51. The van der Waals surface area contributed by atoms with Crippen LogP contribution in [0.1, 0.15) is 0 Å². The maximum absolute atomic E-state index is 10.5. The van der Waals surface area contributed by atoms with Crippen molar-refractivity contribution in [2.45, 2.75) is 4.90 Å². The van der Waals surface area contributed by atoms with E-state index in [9.17, 15) is 13.0 Å². The molecule has 0 saturated heterocycles. The van der Waals surface area contributed by atoms with E-state index in [1.165, 1.54) is 17.0 Å². The van der Waals surface area contributed by atoms with Gasteiger partial charge in [0.15, 0.2) is 0 Å². The Morgan fingerprint density at radius 1 is 1.05 bits per heavy atom. The van der Waals surface area contributed by atoms with Gasteiger partial charge in [-0.2, -0.15) is 0 Å². The number of hydrogen-bond acceptors (Lipinski definition) is 5. The highest BCUT2D eigenvalue weighted by Crippen LogP contribution is 2.20. The van der Waals surface area contributed by atoms with Gasteiger partial charge in [-0.3, -0.25) is 0 Å². The number of hydrogen-bond donors (Lipinski definition) is 3. The van der Waals surface area contributed by atoms with E-state index in [0.717, 1.165) is 25.7 Å². The van der Waals surface area contributed by atoms with Crippen LogP contribution in [0.3, 0.4) is 0 Å². The molecule has 0 aliphatic rings. The Morgan fingerprint density at radius 3 is 1.82 bits per heavy atom. The van der Waals surface area contributed by atoms with Crippen LogP contribution in [0.5, 0.6) is 0 Å².